The molecule has 26 heavy (non-hydrogen) atoms. The highest BCUT2D eigenvalue weighted by Gasteiger charge is 2.24. The summed E-state index contributed by atoms with van der Waals surface area (Å²) in [5.74, 6) is -0.418. The summed E-state index contributed by atoms with van der Waals surface area (Å²) in [6, 6.07) is 16.3. The average molecular weight is 368 g/mol. The predicted octanol–water partition coefficient (Wildman–Crippen LogP) is 3.13. The smallest absolute Gasteiger partial charge is 0.358 e. The van der Waals surface area contributed by atoms with Gasteiger partial charge in [0.1, 0.15) is 17.3 Å². The minimum Gasteiger partial charge on any atom is -0.618 e. The van der Waals surface area contributed by atoms with Gasteiger partial charge in [-0.25, -0.2) is 4.39 Å². The molecule has 2 aromatic carbocycles. The highest BCUT2D eigenvalue weighted by molar-refractivity contribution is 7.13. The lowest BCUT2D eigenvalue weighted by Crippen LogP contribution is -2.42. The topological polar surface area (TPSA) is 58.2 Å². The van der Waals surface area contributed by atoms with Crippen molar-refractivity contribution in [3.63, 3.8) is 0 Å². The summed E-state index contributed by atoms with van der Waals surface area (Å²) in [6.07, 6.45) is 0. The van der Waals surface area contributed by atoms with Crippen molar-refractivity contribution >= 4 is 22.4 Å². The van der Waals surface area contributed by atoms with Crippen molar-refractivity contribution in [2.45, 2.75) is 6.61 Å². The average Bonchev–Trinajstić information content (AvgIpc) is 3.17. The maximum Gasteiger partial charge on any atom is 0.358 e. The van der Waals surface area contributed by atoms with Crippen molar-refractivity contribution in [2.24, 2.45) is 0 Å². The van der Waals surface area contributed by atoms with Gasteiger partial charge in [-0.2, -0.15) is 4.73 Å². The summed E-state index contributed by atoms with van der Waals surface area (Å²) in [6.45, 7) is -0.136. The maximum absolute atomic E-state index is 13.9. The summed E-state index contributed by atoms with van der Waals surface area (Å²) < 4.78 is 15.5. The van der Waals surface area contributed by atoms with Crippen LogP contribution in [0, 0.1) is 11.0 Å². The monoisotopic (exact) mass is 368 g/mol. The lowest BCUT2D eigenvalue weighted by Gasteiger charge is -2.14. The van der Waals surface area contributed by atoms with E-state index >= 15 is 0 Å². The number of rotatable bonds is 4. The largest absolute Gasteiger partial charge is 0.618 e. The van der Waals surface area contributed by atoms with Gasteiger partial charge in [0.25, 0.3) is 0 Å². The second-order valence-electron chi connectivity index (χ2n) is 5.57. The Kier molecular flexibility index (Phi) is 4.14. The number of hydrogen-bond donors (Lipinski definition) is 0. The molecule has 5 nitrogen and oxygen atoms in total. The molecule has 0 spiro atoms. The zero-order valence-corrected chi connectivity index (χ0v) is 14.3. The molecule has 0 saturated carbocycles. The molecule has 0 atom stereocenters. The van der Waals surface area contributed by atoms with Crippen LogP contribution in [0.1, 0.15) is 5.56 Å². The van der Waals surface area contributed by atoms with Crippen molar-refractivity contribution < 1.29 is 14.0 Å². The molecule has 0 amide bonds. The van der Waals surface area contributed by atoms with E-state index < -0.39 is 11.4 Å². The number of thiophene rings is 1. The fourth-order valence-electron chi connectivity index (χ4n) is 2.72. The summed E-state index contributed by atoms with van der Waals surface area (Å²) in [5, 5.41) is 14.5. The van der Waals surface area contributed by atoms with Crippen LogP contribution in [0.2, 0.25) is 0 Å². The Labute approximate surface area is 151 Å². The van der Waals surface area contributed by atoms with Crippen LogP contribution in [0.25, 0.3) is 21.6 Å². The molecule has 0 aliphatic rings. The lowest BCUT2D eigenvalue weighted by molar-refractivity contribution is -0.566. The van der Waals surface area contributed by atoms with Crippen LogP contribution in [-0.4, -0.2) is 4.73 Å². The Morgan fingerprint density at radius 3 is 2.62 bits per heavy atom. The van der Waals surface area contributed by atoms with Crippen LogP contribution in [-0.2, 0) is 6.61 Å². The first kappa shape index (κ1) is 16.3. The Morgan fingerprint density at radius 1 is 1.08 bits per heavy atom. The molecule has 0 unspecified atom stereocenters. The van der Waals surface area contributed by atoms with E-state index in [1.165, 1.54) is 17.4 Å². The zero-order valence-electron chi connectivity index (χ0n) is 13.5. The molecule has 0 saturated heterocycles. The molecule has 7 heteroatoms. The normalized spacial score (nSPS) is 11.0. The molecule has 0 bridgehead atoms. The van der Waals surface area contributed by atoms with Crippen LogP contribution in [0.15, 0.2) is 70.8 Å². The van der Waals surface area contributed by atoms with E-state index in [2.05, 4.69) is 0 Å². The van der Waals surface area contributed by atoms with Gasteiger partial charge in [0.2, 0.25) is 5.52 Å². The van der Waals surface area contributed by atoms with Gasteiger partial charge in [0, 0.05) is 11.6 Å². The summed E-state index contributed by atoms with van der Waals surface area (Å²) >= 11 is 1.29. The summed E-state index contributed by atoms with van der Waals surface area (Å²) in [5.41, 5.74) is 0.331. The number of hydrogen-bond acceptors (Lipinski definition) is 4. The van der Waals surface area contributed by atoms with E-state index in [0.29, 0.717) is 26.2 Å². The fourth-order valence-corrected chi connectivity index (χ4v) is 3.46. The third kappa shape index (κ3) is 2.72. The van der Waals surface area contributed by atoms with Gasteiger partial charge >= 0.3 is 11.3 Å². The van der Waals surface area contributed by atoms with Gasteiger partial charge in [-0.15, -0.1) is 16.1 Å². The molecule has 4 rings (SSSR count). The highest BCUT2D eigenvalue weighted by atomic mass is 32.1. The third-order valence-corrected chi connectivity index (χ3v) is 4.85. The van der Waals surface area contributed by atoms with E-state index in [4.69, 9.17) is 4.84 Å². The number of fused-ring (bicyclic) bond motifs is 1. The molecule has 2 aromatic heterocycles. The number of para-hydroxylation sites is 2. The maximum atomic E-state index is 13.9. The third-order valence-electron chi connectivity index (χ3n) is 3.97. The van der Waals surface area contributed by atoms with E-state index in [1.807, 2.05) is 0 Å². The Bertz CT molecular complexity index is 1140. The van der Waals surface area contributed by atoms with Gasteiger partial charge in [-0.3, -0.25) is 4.79 Å². The first-order valence-corrected chi connectivity index (χ1v) is 8.72. The molecule has 0 fully saturated rings. The Morgan fingerprint density at radius 2 is 1.85 bits per heavy atom. The molecule has 2 heterocycles. The standard InChI is InChI=1S/C19H13FN2O3S/c20-14-7-2-1-6-13(14)12-25-22-16-9-4-3-8-15(16)21(24)18(19(22)23)17-10-5-11-26-17/h1-11H,12H2. The Hall–Kier alpha value is -3.19. The molecule has 0 N–H and O–H groups in total. The molecular formula is C19H13FN2O3S. The molecule has 0 radical (unpaired) electrons. The van der Waals surface area contributed by atoms with Crippen molar-refractivity contribution in [2.75, 3.05) is 0 Å². The number of halogens is 1. The quantitative estimate of drug-likeness (QED) is 0.411. The van der Waals surface area contributed by atoms with E-state index in [1.54, 1.807) is 60.0 Å². The van der Waals surface area contributed by atoms with E-state index in [0.717, 1.165) is 4.73 Å². The Balaban J connectivity index is 1.88. The lowest BCUT2D eigenvalue weighted by atomic mass is 10.2. The number of aromatic nitrogens is 2. The number of nitrogens with zero attached hydrogens (tertiary/aromatic N) is 2. The molecule has 0 aliphatic carbocycles. The SMILES string of the molecule is O=c1c(-c2cccs2)[n+]([O-])c2ccccc2n1OCc1ccccc1F. The molecular weight excluding hydrogens is 355 g/mol. The fraction of sp³-hybridized carbons (Fsp3) is 0.0526. The summed E-state index contributed by atoms with van der Waals surface area (Å²) in [4.78, 5) is 19.1. The number of benzene rings is 2. The first-order chi connectivity index (χ1) is 12.7. The van der Waals surface area contributed by atoms with Gasteiger partial charge < -0.3 is 10.0 Å². The predicted molar refractivity (Wildman–Crippen MR) is 97.2 cm³/mol. The van der Waals surface area contributed by atoms with Crippen LogP contribution < -0.4 is 15.1 Å². The summed E-state index contributed by atoms with van der Waals surface area (Å²) in [7, 11) is 0. The first-order valence-electron chi connectivity index (χ1n) is 7.84. The second kappa shape index (κ2) is 6.61. The van der Waals surface area contributed by atoms with Gasteiger partial charge in [-0.1, -0.05) is 36.4 Å². The zero-order chi connectivity index (χ0) is 18.1. The van der Waals surface area contributed by atoms with Crippen molar-refractivity contribution in [3.8, 4) is 10.6 Å². The highest BCUT2D eigenvalue weighted by Crippen LogP contribution is 2.20. The minimum atomic E-state index is -0.586. The van der Waals surface area contributed by atoms with Crippen LogP contribution in [0.5, 0.6) is 0 Å². The molecule has 130 valence electrons. The van der Waals surface area contributed by atoms with Crippen molar-refractivity contribution in [1.29, 1.82) is 0 Å². The van der Waals surface area contributed by atoms with E-state index in [9.17, 15) is 14.4 Å². The minimum absolute atomic E-state index is 0.0211. The van der Waals surface area contributed by atoms with Crippen molar-refractivity contribution in [1.82, 2.24) is 4.73 Å². The van der Waals surface area contributed by atoms with Gasteiger partial charge in [0.05, 0.1) is 0 Å². The second-order valence-corrected chi connectivity index (χ2v) is 6.52. The molecule has 4 aromatic rings. The van der Waals surface area contributed by atoms with Crippen LogP contribution in [0.3, 0.4) is 0 Å². The van der Waals surface area contributed by atoms with Gasteiger partial charge in [0.15, 0.2) is 5.52 Å². The van der Waals surface area contributed by atoms with E-state index in [-0.39, 0.29) is 12.3 Å². The van der Waals surface area contributed by atoms with Gasteiger partial charge in [-0.05, 0) is 23.6 Å². The van der Waals surface area contributed by atoms with Crippen LogP contribution >= 0.6 is 11.3 Å². The van der Waals surface area contributed by atoms with Crippen molar-refractivity contribution in [3.05, 3.63) is 93.0 Å². The van der Waals surface area contributed by atoms with Crippen LogP contribution in [0.4, 0.5) is 4.39 Å². The molecule has 0 aliphatic heterocycles.